The summed E-state index contributed by atoms with van der Waals surface area (Å²) in [5, 5.41) is 3.32. The molecule has 0 bridgehead atoms. The third-order valence-corrected chi connectivity index (χ3v) is 4.82. The van der Waals surface area contributed by atoms with Crippen LogP contribution in [-0.4, -0.2) is 0 Å². The summed E-state index contributed by atoms with van der Waals surface area (Å²) in [4.78, 5) is 1.41. The third-order valence-electron chi connectivity index (χ3n) is 2.81. The highest BCUT2D eigenvalue weighted by molar-refractivity contribution is 7.26. The van der Waals surface area contributed by atoms with Crippen molar-refractivity contribution < 1.29 is 4.42 Å². The normalized spacial score (nSPS) is 10.6. The van der Waals surface area contributed by atoms with Crippen LogP contribution in [-0.2, 0) is 0 Å². The van der Waals surface area contributed by atoms with Gasteiger partial charge in [0.1, 0.15) is 11.3 Å². The van der Waals surface area contributed by atoms with Gasteiger partial charge in [0.15, 0.2) is 0 Å². The van der Waals surface area contributed by atoms with Crippen LogP contribution in [0.4, 0.5) is 0 Å². The molecule has 3 heterocycles. The van der Waals surface area contributed by atoms with Crippen molar-refractivity contribution in [2.24, 2.45) is 0 Å². The minimum Gasteiger partial charge on any atom is -0.461 e. The Kier molecular flexibility index (Phi) is 3.40. The molecule has 4 rings (SSSR count). The lowest BCUT2D eigenvalue weighted by atomic mass is 10.2. The molecule has 3 heteroatoms. The van der Waals surface area contributed by atoms with Crippen LogP contribution in [0, 0.1) is 13.8 Å². The highest BCUT2D eigenvalue weighted by atomic mass is 32.1. The number of rotatable bonds is 0. The van der Waals surface area contributed by atoms with Crippen LogP contribution in [0.15, 0.2) is 52.3 Å². The van der Waals surface area contributed by atoms with Crippen LogP contribution >= 0.6 is 22.7 Å². The standard InChI is InChI=1S/C9H8O.C7H6S2/c1-7-6-8-4-2-3-5-9(8)10-7;1-5-4-7-6(9-5)2-3-8-7/h2-6H,1H3;2-4H,1H3. The van der Waals surface area contributed by atoms with Crippen molar-refractivity contribution in [2.45, 2.75) is 13.8 Å². The average molecular weight is 286 g/mol. The zero-order chi connectivity index (χ0) is 13.2. The van der Waals surface area contributed by atoms with E-state index < -0.39 is 0 Å². The van der Waals surface area contributed by atoms with Crippen LogP contribution in [0.25, 0.3) is 20.4 Å². The predicted octanol–water partition coefficient (Wildman–Crippen LogP) is 6.01. The van der Waals surface area contributed by atoms with E-state index in [0.717, 1.165) is 11.3 Å². The SMILES string of the molecule is Cc1cc2ccccc2o1.Cc1cc2sccc2s1. The van der Waals surface area contributed by atoms with E-state index in [1.807, 2.05) is 59.9 Å². The number of hydrogen-bond donors (Lipinski definition) is 0. The van der Waals surface area contributed by atoms with Crippen LogP contribution in [0.3, 0.4) is 0 Å². The van der Waals surface area contributed by atoms with E-state index in [2.05, 4.69) is 24.4 Å². The van der Waals surface area contributed by atoms with Gasteiger partial charge in [-0.25, -0.2) is 0 Å². The molecule has 1 nitrogen and oxygen atoms in total. The Morgan fingerprint density at radius 2 is 1.79 bits per heavy atom. The zero-order valence-corrected chi connectivity index (χ0v) is 12.5. The van der Waals surface area contributed by atoms with Gasteiger partial charge in [-0.05, 0) is 43.5 Å². The number of benzene rings is 1. The number of furan rings is 1. The van der Waals surface area contributed by atoms with Gasteiger partial charge >= 0.3 is 0 Å². The third kappa shape index (κ3) is 2.72. The van der Waals surface area contributed by atoms with E-state index in [0.29, 0.717) is 0 Å². The number of hydrogen-bond acceptors (Lipinski definition) is 3. The van der Waals surface area contributed by atoms with Crippen molar-refractivity contribution in [3.8, 4) is 0 Å². The van der Waals surface area contributed by atoms with Gasteiger partial charge in [-0.2, -0.15) is 0 Å². The summed E-state index contributed by atoms with van der Waals surface area (Å²) in [5.74, 6) is 0.973. The number of fused-ring (bicyclic) bond motifs is 2. The molecule has 19 heavy (non-hydrogen) atoms. The summed E-state index contributed by atoms with van der Waals surface area (Å²) >= 11 is 3.69. The minimum absolute atomic E-state index is 0.972. The van der Waals surface area contributed by atoms with E-state index in [1.54, 1.807) is 0 Å². The number of aryl methyl sites for hydroxylation is 2. The Bertz CT molecular complexity index is 743. The quantitative estimate of drug-likeness (QED) is 0.385. The Morgan fingerprint density at radius 3 is 2.58 bits per heavy atom. The van der Waals surface area contributed by atoms with Crippen LogP contribution in [0.5, 0.6) is 0 Å². The van der Waals surface area contributed by atoms with E-state index >= 15 is 0 Å². The van der Waals surface area contributed by atoms with E-state index in [1.165, 1.54) is 19.7 Å². The molecule has 0 aliphatic rings. The maximum Gasteiger partial charge on any atom is 0.134 e. The first-order valence-electron chi connectivity index (χ1n) is 6.11. The Balaban J connectivity index is 0.000000117. The van der Waals surface area contributed by atoms with Gasteiger partial charge in [-0.1, -0.05) is 18.2 Å². The second-order valence-corrected chi connectivity index (χ2v) is 6.64. The molecule has 0 aliphatic heterocycles. The number of thiophene rings is 2. The first-order chi connectivity index (χ1) is 9.22. The molecule has 0 spiro atoms. The van der Waals surface area contributed by atoms with Crippen LogP contribution in [0.1, 0.15) is 10.6 Å². The Hall–Kier alpha value is -1.58. The van der Waals surface area contributed by atoms with Gasteiger partial charge in [0, 0.05) is 19.7 Å². The van der Waals surface area contributed by atoms with Gasteiger partial charge in [-0.15, -0.1) is 22.7 Å². The fourth-order valence-corrected chi connectivity index (χ4v) is 4.03. The summed E-state index contributed by atoms with van der Waals surface area (Å²) in [5.41, 5.74) is 0.972. The van der Waals surface area contributed by atoms with Crippen molar-refractivity contribution in [3.05, 3.63) is 58.5 Å². The van der Waals surface area contributed by atoms with Gasteiger partial charge in [0.05, 0.1) is 0 Å². The molecular weight excluding hydrogens is 272 g/mol. The fraction of sp³-hybridized carbons (Fsp3) is 0.125. The summed E-state index contributed by atoms with van der Waals surface area (Å²) in [7, 11) is 0. The molecule has 0 fully saturated rings. The Morgan fingerprint density at radius 1 is 0.947 bits per heavy atom. The lowest BCUT2D eigenvalue weighted by Gasteiger charge is -1.82. The monoisotopic (exact) mass is 286 g/mol. The molecular formula is C16H14OS2. The van der Waals surface area contributed by atoms with Crippen molar-refractivity contribution in [2.75, 3.05) is 0 Å². The molecule has 0 N–H and O–H groups in total. The highest BCUT2D eigenvalue weighted by Gasteiger charge is 1.96. The average Bonchev–Trinajstić information content (AvgIpc) is 3.02. The zero-order valence-electron chi connectivity index (χ0n) is 10.8. The molecule has 1 aromatic carbocycles. The maximum absolute atomic E-state index is 5.37. The molecule has 0 radical (unpaired) electrons. The smallest absolute Gasteiger partial charge is 0.134 e. The first kappa shape index (κ1) is 12.5. The maximum atomic E-state index is 5.37. The molecule has 0 amide bonds. The van der Waals surface area contributed by atoms with Gasteiger partial charge < -0.3 is 4.42 Å². The highest BCUT2D eigenvalue weighted by Crippen LogP contribution is 2.28. The van der Waals surface area contributed by atoms with Crippen molar-refractivity contribution in [3.63, 3.8) is 0 Å². The van der Waals surface area contributed by atoms with Gasteiger partial charge in [-0.3, -0.25) is 0 Å². The molecule has 4 aromatic rings. The second kappa shape index (κ2) is 5.19. The van der Waals surface area contributed by atoms with E-state index in [4.69, 9.17) is 4.42 Å². The van der Waals surface area contributed by atoms with Crippen molar-refractivity contribution in [1.82, 2.24) is 0 Å². The topological polar surface area (TPSA) is 13.1 Å². The number of para-hydroxylation sites is 1. The lowest BCUT2D eigenvalue weighted by Crippen LogP contribution is -1.57. The first-order valence-corrected chi connectivity index (χ1v) is 7.81. The van der Waals surface area contributed by atoms with Crippen molar-refractivity contribution >= 4 is 43.0 Å². The van der Waals surface area contributed by atoms with E-state index in [-0.39, 0.29) is 0 Å². The second-order valence-electron chi connectivity index (χ2n) is 4.40. The molecule has 96 valence electrons. The molecule has 0 atom stereocenters. The molecule has 0 saturated carbocycles. The molecule has 0 unspecified atom stereocenters. The van der Waals surface area contributed by atoms with Crippen molar-refractivity contribution in [1.29, 1.82) is 0 Å². The summed E-state index contributed by atoms with van der Waals surface area (Å²) in [6.07, 6.45) is 0. The van der Waals surface area contributed by atoms with Gasteiger partial charge in [0.2, 0.25) is 0 Å². The summed E-state index contributed by atoms with van der Waals surface area (Å²) in [6, 6.07) is 14.5. The summed E-state index contributed by atoms with van der Waals surface area (Å²) in [6.45, 7) is 4.11. The van der Waals surface area contributed by atoms with Crippen LogP contribution in [0.2, 0.25) is 0 Å². The molecule has 0 aliphatic carbocycles. The molecule has 0 saturated heterocycles. The molecule has 3 aromatic heterocycles. The lowest BCUT2D eigenvalue weighted by molar-refractivity contribution is 0.578. The fourth-order valence-electron chi connectivity index (χ4n) is 2.00. The summed E-state index contributed by atoms with van der Waals surface area (Å²) < 4.78 is 8.22. The van der Waals surface area contributed by atoms with Crippen LogP contribution < -0.4 is 0 Å². The van der Waals surface area contributed by atoms with E-state index in [9.17, 15) is 0 Å². The Labute approximate surface area is 120 Å². The minimum atomic E-state index is 0.972. The van der Waals surface area contributed by atoms with Gasteiger partial charge in [0.25, 0.3) is 0 Å². The largest absolute Gasteiger partial charge is 0.461 e. The predicted molar refractivity (Wildman–Crippen MR) is 85.4 cm³/mol.